The second kappa shape index (κ2) is 8.48. The molecular weight excluding hydrogens is 226 g/mol. The van der Waals surface area contributed by atoms with Crippen LogP contribution in [0, 0.1) is 0 Å². The van der Waals surface area contributed by atoms with E-state index in [2.05, 4.69) is 5.32 Å². The van der Waals surface area contributed by atoms with Crippen molar-refractivity contribution in [3.8, 4) is 0 Å². The number of amides is 1. The van der Waals surface area contributed by atoms with Gasteiger partial charge in [-0.3, -0.25) is 4.79 Å². The average molecular weight is 247 g/mol. The summed E-state index contributed by atoms with van der Waals surface area (Å²) in [4.78, 5) is 11.6. The normalized spacial score (nSPS) is 12.6. The summed E-state index contributed by atoms with van der Waals surface area (Å²) in [6.07, 6.45) is 6.37. The van der Waals surface area contributed by atoms with E-state index < -0.39 is 0 Å². The van der Waals surface area contributed by atoms with Crippen LogP contribution in [0.3, 0.4) is 0 Å². The van der Waals surface area contributed by atoms with Crippen LogP contribution in [-0.2, 0) is 11.2 Å². The minimum atomic E-state index is -0.244. The molecule has 1 aromatic rings. The lowest BCUT2D eigenvalue weighted by Crippen LogP contribution is -2.19. The number of benzene rings is 1. The van der Waals surface area contributed by atoms with Gasteiger partial charge in [0, 0.05) is 0 Å². The Balaban J connectivity index is 2.15. The van der Waals surface area contributed by atoms with Crippen LogP contribution in [0.1, 0.15) is 31.7 Å². The largest absolute Gasteiger partial charge is 0.393 e. The van der Waals surface area contributed by atoms with Crippen LogP contribution in [0.15, 0.2) is 42.6 Å². The fraction of sp³-hybridized carbons (Fsp3) is 0.400. The average Bonchev–Trinajstić information content (AvgIpc) is 2.34. The minimum absolute atomic E-state index is 0.00650. The maximum absolute atomic E-state index is 11.6. The maximum Gasteiger partial charge on any atom is 0.228 e. The van der Waals surface area contributed by atoms with E-state index in [9.17, 15) is 4.79 Å². The molecule has 2 N–H and O–H groups in total. The Labute approximate surface area is 109 Å². The van der Waals surface area contributed by atoms with Crippen molar-refractivity contribution in [2.75, 3.05) is 0 Å². The first kappa shape index (κ1) is 14.5. The molecule has 0 radical (unpaired) electrons. The third-order valence-corrected chi connectivity index (χ3v) is 2.56. The van der Waals surface area contributed by atoms with Crippen molar-refractivity contribution >= 4 is 5.91 Å². The smallest absolute Gasteiger partial charge is 0.228 e. The zero-order valence-corrected chi connectivity index (χ0v) is 10.8. The van der Waals surface area contributed by atoms with Crippen molar-refractivity contribution in [2.45, 2.75) is 38.7 Å². The topological polar surface area (TPSA) is 49.3 Å². The number of hydrogen-bond donors (Lipinski definition) is 2. The van der Waals surface area contributed by atoms with Crippen LogP contribution in [0.25, 0.3) is 0 Å². The number of aliphatic hydroxyl groups excluding tert-OH is 1. The summed E-state index contributed by atoms with van der Waals surface area (Å²) < 4.78 is 0. The summed E-state index contributed by atoms with van der Waals surface area (Å²) in [5.74, 6) is -0.00650. The number of rotatable bonds is 7. The molecule has 18 heavy (non-hydrogen) atoms. The predicted molar refractivity (Wildman–Crippen MR) is 73.0 cm³/mol. The quantitative estimate of drug-likeness (QED) is 0.727. The molecule has 0 spiro atoms. The third-order valence-electron chi connectivity index (χ3n) is 2.56. The molecule has 0 fully saturated rings. The highest BCUT2D eigenvalue weighted by Gasteiger charge is 1.99. The van der Waals surface area contributed by atoms with Gasteiger partial charge in [-0.2, -0.15) is 0 Å². The van der Waals surface area contributed by atoms with Crippen molar-refractivity contribution in [3.63, 3.8) is 0 Å². The minimum Gasteiger partial charge on any atom is -0.393 e. The van der Waals surface area contributed by atoms with Crippen LogP contribution in [0.2, 0.25) is 0 Å². The van der Waals surface area contributed by atoms with Crippen LogP contribution >= 0.6 is 0 Å². The van der Waals surface area contributed by atoms with Gasteiger partial charge in [0.25, 0.3) is 0 Å². The van der Waals surface area contributed by atoms with Crippen molar-refractivity contribution in [1.29, 1.82) is 0 Å². The Hall–Kier alpha value is -1.61. The lowest BCUT2D eigenvalue weighted by atomic mass is 10.1. The number of carbonyl (C=O) groups is 1. The number of unbranched alkanes of at least 4 members (excludes halogenated alkanes) is 1. The van der Waals surface area contributed by atoms with Gasteiger partial charge in [0.15, 0.2) is 0 Å². The SMILES string of the molecule is CC(O)CCCC=CNC(=O)Cc1ccccc1. The van der Waals surface area contributed by atoms with Crippen LogP contribution in [0.5, 0.6) is 0 Å². The summed E-state index contributed by atoms with van der Waals surface area (Å²) in [6, 6.07) is 9.66. The first-order valence-corrected chi connectivity index (χ1v) is 6.35. The van der Waals surface area contributed by atoms with E-state index >= 15 is 0 Å². The molecule has 1 aromatic carbocycles. The molecule has 0 aliphatic rings. The lowest BCUT2D eigenvalue weighted by molar-refractivity contribution is -0.119. The second-order valence-corrected chi connectivity index (χ2v) is 4.41. The van der Waals surface area contributed by atoms with E-state index in [1.807, 2.05) is 36.4 Å². The van der Waals surface area contributed by atoms with Gasteiger partial charge in [0.05, 0.1) is 12.5 Å². The number of allylic oxidation sites excluding steroid dienone is 1. The molecule has 98 valence electrons. The molecule has 3 nitrogen and oxygen atoms in total. The molecule has 0 saturated heterocycles. The first-order valence-electron chi connectivity index (χ1n) is 6.35. The number of hydrogen-bond acceptors (Lipinski definition) is 2. The molecule has 3 heteroatoms. The van der Waals surface area contributed by atoms with E-state index in [1.54, 1.807) is 13.1 Å². The summed E-state index contributed by atoms with van der Waals surface area (Å²) in [5.41, 5.74) is 1.01. The molecule has 1 unspecified atom stereocenters. The van der Waals surface area contributed by atoms with Crippen molar-refractivity contribution in [1.82, 2.24) is 5.32 Å². The molecule has 0 saturated carbocycles. The molecule has 0 aromatic heterocycles. The van der Waals surface area contributed by atoms with Crippen LogP contribution in [0.4, 0.5) is 0 Å². The van der Waals surface area contributed by atoms with Gasteiger partial charge >= 0.3 is 0 Å². The summed E-state index contributed by atoms with van der Waals surface area (Å²) >= 11 is 0. The fourth-order valence-corrected chi connectivity index (χ4v) is 1.60. The van der Waals surface area contributed by atoms with E-state index in [-0.39, 0.29) is 12.0 Å². The molecule has 0 heterocycles. The lowest BCUT2D eigenvalue weighted by Gasteiger charge is -2.01. The van der Waals surface area contributed by atoms with Crippen molar-refractivity contribution in [3.05, 3.63) is 48.2 Å². The van der Waals surface area contributed by atoms with Crippen LogP contribution in [-0.4, -0.2) is 17.1 Å². The third kappa shape index (κ3) is 6.86. The van der Waals surface area contributed by atoms with Crippen LogP contribution < -0.4 is 5.32 Å². The molecule has 0 aliphatic heterocycles. The van der Waals surface area contributed by atoms with Gasteiger partial charge in [-0.15, -0.1) is 0 Å². The van der Waals surface area contributed by atoms with Gasteiger partial charge in [0.2, 0.25) is 5.91 Å². The van der Waals surface area contributed by atoms with E-state index in [1.165, 1.54) is 0 Å². The zero-order chi connectivity index (χ0) is 13.2. The molecular formula is C15H21NO2. The van der Waals surface area contributed by atoms with E-state index in [0.29, 0.717) is 6.42 Å². The highest BCUT2D eigenvalue weighted by atomic mass is 16.3. The standard InChI is InChI=1S/C15H21NO2/c1-13(17)8-4-3-7-11-16-15(18)12-14-9-5-2-6-10-14/h2,5-7,9-11,13,17H,3-4,8,12H2,1H3,(H,16,18). The summed E-state index contributed by atoms with van der Waals surface area (Å²) in [7, 11) is 0. The van der Waals surface area contributed by atoms with E-state index in [4.69, 9.17) is 5.11 Å². The second-order valence-electron chi connectivity index (χ2n) is 4.41. The number of carbonyl (C=O) groups excluding carboxylic acids is 1. The Morgan fingerprint density at radius 2 is 2.11 bits per heavy atom. The molecule has 0 aliphatic carbocycles. The summed E-state index contributed by atoms with van der Waals surface area (Å²) in [5, 5.41) is 11.8. The predicted octanol–water partition coefficient (Wildman–Crippen LogP) is 2.41. The Kier molecular flexibility index (Phi) is 6.81. The molecule has 1 atom stereocenters. The Bertz CT molecular complexity index is 371. The van der Waals surface area contributed by atoms with Gasteiger partial charge in [-0.25, -0.2) is 0 Å². The highest BCUT2D eigenvalue weighted by molar-refractivity contribution is 5.79. The van der Waals surface area contributed by atoms with Gasteiger partial charge in [0.1, 0.15) is 0 Å². The molecule has 0 bridgehead atoms. The van der Waals surface area contributed by atoms with Gasteiger partial charge in [-0.1, -0.05) is 36.4 Å². The zero-order valence-electron chi connectivity index (χ0n) is 10.8. The number of aliphatic hydroxyl groups is 1. The first-order chi connectivity index (χ1) is 8.68. The monoisotopic (exact) mass is 247 g/mol. The van der Waals surface area contributed by atoms with Gasteiger partial charge in [-0.05, 0) is 37.9 Å². The van der Waals surface area contributed by atoms with Crippen molar-refractivity contribution < 1.29 is 9.90 Å². The molecule has 1 rings (SSSR count). The summed E-state index contributed by atoms with van der Waals surface area (Å²) in [6.45, 7) is 1.78. The van der Waals surface area contributed by atoms with E-state index in [0.717, 1.165) is 24.8 Å². The molecule has 1 amide bonds. The van der Waals surface area contributed by atoms with Crippen molar-refractivity contribution in [2.24, 2.45) is 0 Å². The fourth-order valence-electron chi connectivity index (χ4n) is 1.60. The maximum atomic E-state index is 11.6. The highest BCUT2D eigenvalue weighted by Crippen LogP contribution is 2.01. The number of nitrogens with one attached hydrogen (secondary N) is 1. The Morgan fingerprint density at radius 3 is 2.78 bits per heavy atom. The Morgan fingerprint density at radius 1 is 1.39 bits per heavy atom. The van der Waals surface area contributed by atoms with Gasteiger partial charge < -0.3 is 10.4 Å².